The lowest BCUT2D eigenvalue weighted by Gasteiger charge is -2.12. The molecule has 0 aliphatic carbocycles. The molecule has 0 fully saturated rings. The normalized spacial score (nSPS) is 14.0. The van der Waals surface area contributed by atoms with Crippen molar-refractivity contribution in [3.63, 3.8) is 0 Å². The minimum atomic E-state index is -0.555. The Morgan fingerprint density at radius 1 is 1.40 bits per heavy atom. The van der Waals surface area contributed by atoms with E-state index in [-0.39, 0.29) is 6.54 Å². The highest BCUT2D eigenvalue weighted by atomic mass is 79.9. The molecular formula is C11H6BrNO2. The minimum absolute atomic E-state index is 0.119. The summed E-state index contributed by atoms with van der Waals surface area (Å²) in [5.41, 5.74) is 0.996. The first-order chi connectivity index (χ1) is 7.15. The molecule has 0 radical (unpaired) electrons. The lowest BCUT2D eigenvalue weighted by atomic mass is 10.1. The molecule has 2 rings (SSSR count). The van der Waals surface area contributed by atoms with Gasteiger partial charge in [0.05, 0.1) is 17.8 Å². The van der Waals surface area contributed by atoms with E-state index in [4.69, 9.17) is 6.42 Å². The Labute approximate surface area is 95.2 Å². The Balaban J connectivity index is 2.57. The zero-order valence-electron chi connectivity index (χ0n) is 7.66. The van der Waals surface area contributed by atoms with Crippen LogP contribution in [0.15, 0.2) is 22.7 Å². The van der Waals surface area contributed by atoms with Gasteiger partial charge in [-0.15, -0.1) is 6.42 Å². The van der Waals surface area contributed by atoms with Crippen molar-refractivity contribution in [2.75, 3.05) is 11.4 Å². The molecule has 0 N–H and O–H groups in total. The molecule has 4 heteroatoms. The van der Waals surface area contributed by atoms with E-state index in [2.05, 4.69) is 21.9 Å². The number of hydrogen-bond acceptors (Lipinski definition) is 2. The van der Waals surface area contributed by atoms with Gasteiger partial charge in [0, 0.05) is 4.47 Å². The van der Waals surface area contributed by atoms with Gasteiger partial charge in [-0.05, 0) is 18.2 Å². The van der Waals surface area contributed by atoms with Crippen molar-refractivity contribution < 1.29 is 9.59 Å². The summed E-state index contributed by atoms with van der Waals surface area (Å²) in [4.78, 5) is 24.4. The van der Waals surface area contributed by atoms with Crippen LogP contribution in [-0.2, 0) is 4.79 Å². The summed E-state index contributed by atoms with van der Waals surface area (Å²) >= 11 is 3.28. The number of rotatable bonds is 1. The Morgan fingerprint density at radius 2 is 2.13 bits per heavy atom. The highest BCUT2D eigenvalue weighted by Crippen LogP contribution is 2.31. The van der Waals surface area contributed by atoms with Crippen molar-refractivity contribution >= 4 is 33.3 Å². The van der Waals surface area contributed by atoms with Gasteiger partial charge in [0.15, 0.2) is 0 Å². The Bertz CT molecular complexity index is 502. The Morgan fingerprint density at radius 3 is 2.80 bits per heavy atom. The number of anilines is 1. The van der Waals surface area contributed by atoms with E-state index >= 15 is 0 Å². The summed E-state index contributed by atoms with van der Waals surface area (Å²) in [5.74, 6) is 1.31. The van der Waals surface area contributed by atoms with E-state index in [0.717, 1.165) is 4.47 Å². The number of hydrogen-bond donors (Lipinski definition) is 0. The zero-order valence-corrected chi connectivity index (χ0v) is 9.24. The van der Waals surface area contributed by atoms with E-state index in [1.807, 2.05) is 0 Å². The van der Waals surface area contributed by atoms with Gasteiger partial charge in [0.25, 0.3) is 11.7 Å². The quantitative estimate of drug-likeness (QED) is 0.571. The molecule has 0 atom stereocenters. The van der Waals surface area contributed by atoms with E-state index in [1.165, 1.54) is 4.90 Å². The second-order valence-corrected chi connectivity index (χ2v) is 4.00. The highest BCUT2D eigenvalue weighted by Gasteiger charge is 2.35. The van der Waals surface area contributed by atoms with Gasteiger partial charge in [-0.25, -0.2) is 0 Å². The maximum Gasteiger partial charge on any atom is 0.300 e. The van der Waals surface area contributed by atoms with Crippen molar-refractivity contribution in [2.45, 2.75) is 0 Å². The maximum atomic E-state index is 11.5. The number of terminal acetylenes is 1. The van der Waals surface area contributed by atoms with Crippen LogP contribution in [0.4, 0.5) is 5.69 Å². The lowest BCUT2D eigenvalue weighted by molar-refractivity contribution is -0.114. The first-order valence-corrected chi connectivity index (χ1v) is 5.03. The largest absolute Gasteiger partial charge is 0.300 e. The standard InChI is InChI=1S/C11H6BrNO2/c1-2-5-13-9-6-7(12)3-4-8(9)10(14)11(13)15/h1,3-4,6H,5H2. The predicted molar refractivity (Wildman–Crippen MR) is 59.7 cm³/mol. The molecule has 0 spiro atoms. The molecule has 0 saturated heterocycles. The molecule has 1 aromatic carbocycles. The number of amides is 1. The summed E-state index contributed by atoms with van der Waals surface area (Å²) in [6.45, 7) is 0.119. The smallest absolute Gasteiger partial charge is 0.293 e. The van der Waals surface area contributed by atoms with Crippen molar-refractivity contribution in [3.8, 4) is 12.3 Å². The summed E-state index contributed by atoms with van der Waals surface area (Å²) < 4.78 is 0.811. The summed E-state index contributed by atoms with van der Waals surface area (Å²) in [7, 11) is 0. The van der Waals surface area contributed by atoms with Crippen LogP contribution in [0.5, 0.6) is 0 Å². The van der Waals surface area contributed by atoms with E-state index in [1.54, 1.807) is 18.2 Å². The van der Waals surface area contributed by atoms with Crippen LogP contribution in [0.1, 0.15) is 10.4 Å². The number of fused-ring (bicyclic) bond motifs is 1. The molecule has 0 aromatic heterocycles. The van der Waals surface area contributed by atoms with Crippen LogP contribution in [0.25, 0.3) is 0 Å². The number of nitrogens with zero attached hydrogens (tertiary/aromatic N) is 1. The molecule has 0 saturated carbocycles. The lowest BCUT2D eigenvalue weighted by Crippen LogP contribution is -2.29. The second-order valence-electron chi connectivity index (χ2n) is 3.09. The summed E-state index contributed by atoms with van der Waals surface area (Å²) in [5, 5.41) is 0. The third kappa shape index (κ3) is 1.45. The molecule has 3 nitrogen and oxygen atoms in total. The third-order valence-electron chi connectivity index (χ3n) is 2.18. The predicted octanol–water partition coefficient (Wildman–Crippen LogP) is 1.61. The number of halogens is 1. The van der Waals surface area contributed by atoms with Crippen LogP contribution in [-0.4, -0.2) is 18.2 Å². The zero-order chi connectivity index (χ0) is 11.0. The number of Topliss-reactive ketones (excluding diaryl/α,β-unsaturated/α-hetero) is 1. The van der Waals surface area contributed by atoms with E-state index in [0.29, 0.717) is 11.3 Å². The van der Waals surface area contributed by atoms with Crippen molar-refractivity contribution in [1.29, 1.82) is 0 Å². The van der Waals surface area contributed by atoms with Gasteiger partial charge in [-0.2, -0.15) is 0 Å². The molecule has 1 heterocycles. The first kappa shape index (κ1) is 9.94. The third-order valence-corrected chi connectivity index (χ3v) is 2.68. The topological polar surface area (TPSA) is 37.4 Å². The van der Waals surface area contributed by atoms with Gasteiger partial charge in [0.1, 0.15) is 0 Å². The van der Waals surface area contributed by atoms with Crippen LogP contribution in [0.2, 0.25) is 0 Å². The average molecular weight is 264 g/mol. The van der Waals surface area contributed by atoms with Gasteiger partial charge in [0.2, 0.25) is 0 Å². The SMILES string of the molecule is C#CCN1C(=O)C(=O)c2ccc(Br)cc21. The molecule has 1 aliphatic heterocycles. The monoisotopic (exact) mass is 263 g/mol. The fourth-order valence-electron chi connectivity index (χ4n) is 1.52. The molecule has 0 bridgehead atoms. The van der Waals surface area contributed by atoms with Gasteiger partial charge in [-0.3, -0.25) is 14.5 Å². The molecular weight excluding hydrogens is 258 g/mol. The van der Waals surface area contributed by atoms with Crippen LogP contribution in [0, 0.1) is 12.3 Å². The molecule has 15 heavy (non-hydrogen) atoms. The van der Waals surface area contributed by atoms with Crippen LogP contribution >= 0.6 is 15.9 Å². The Kier molecular flexibility index (Phi) is 2.33. The average Bonchev–Trinajstić information content (AvgIpc) is 2.44. The van der Waals surface area contributed by atoms with Crippen LogP contribution in [0.3, 0.4) is 0 Å². The minimum Gasteiger partial charge on any atom is -0.293 e. The van der Waals surface area contributed by atoms with Gasteiger partial charge >= 0.3 is 0 Å². The number of carbonyl (C=O) groups excluding carboxylic acids is 2. The maximum absolute atomic E-state index is 11.5. The molecule has 1 amide bonds. The fourth-order valence-corrected chi connectivity index (χ4v) is 1.86. The first-order valence-electron chi connectivity index (χ1n) is 4.24. The second kappa shape index (κ2) is 3.52. The van der Waals surface area contributed by atoms with Crippen molar-refractivity contribution in [2.24, 2.45) is 0 Å². The fraction of sp³-hybridized carbons (Fsp3) is 0.0909. The number of ketones is 1. The van der Waals surface area contributed by atoms with Crippen molar-refractivity contribution in [1.82, 2.24) is 0 Å². The highest BCUT2D eigenvalue weighted by molar-refractivity contribution is 9.10. The molecule has 74 valence electrons. The summed E-state index contributed by atoms with van der Waals surface area (Å²) in [6.07, 6.45) is 5.14. The number of carbonyl (C=O) groups is 2. The van der Waals surface area contributed by atoms with Gasteiger partial charge < -0.3 is 0 Å². The molecule has 1 aromatic rings. The molecule has 0 unspecified atom stereocenters. The van der Waals surface area contributed by atoms with Crippen LogP contribution < -0.4 is 4.90 Å². The molecule has 1 aliphatic rings. The van der Waals surface area contributed by atoms with E-state index in [9.17, 15) is 9.59 Å². The Hall–Kier alpha value is -1.60. The van der Waals surface area contributed by atoms with Gasteiger partial charge in [-0.1, -0.05) is 21.9 Å². The summed E-state index contributed by atoms with van der Waals surface area (Å²) in [6, 6.07) is 5.06. The van der Waals surface area contributed by atoms with E-state index < -0.39 is 11.7 Å². The van der Waals surface area contributed by atoms with Crippen molar-refractivity contribution in [3.05, 3.63) is 28.2 Å². The number of benzene rings is 1.